The lowest BCUT2D eigenvalue weighted by Gasteiger charge is -2.30. The third-order valence-electron chi connectivity index (χ3n) is 3.52. The third kappa shape index (κ3) is 6.13. The van der Waals surface area contributed by atoms with Crippen LogP contribution in [0.1, 0.15) is 32.3 Å². The fraction of sp³-hybridized carbons (Fsp3) is 0.625. The van der Waals surface area contributed by atoms with Gasteiger partial charge in [-0.3, -0.25) is 0 Å². The Bertz CT molecular complexity index is 413. The smallest absolute Gasteiger partial charge is 0.0587 e. The van der Waals surface area contributed by atoms with Gasteiger partial charge in [0, 0.05) is 29.7 Å². The van der Waals surface area contributed by atoms with Crippen LogP contribution in [0.2, 0.25) is 5.02 Å². The van der Waals surface area contributed by atoms with Crippen molar-refractivity contribution in [3.8, 4) is 0 Å². The Balaban J connectivity index is 2.69. The zero-order chi connectivity index (χ0) is 15.0. The fourth-order valence-electron chi connectivity index (χ4n) is 2.53. The van der Waals surface area contributed by atoms with E-state index in [2.05, 4.69) is 47.2 Å². The summed E-state index contributed by atoms with van der Waals surface area (Å²) < 4.78 is 6.11. The van der Waals surface area contributed by atoms with Crippen molar-refractivity contribution in [1.29, 1.82) is 0 Å². The van der Waals surface area contributed by atoms with E-state index in [4.69, 9.17) is 16.3 Å². The second kappa shape index (κ2) is 9.04. The first kappa shape index (κ1) is 18.0. The minimum absolute atomic E-state index is 0.222. The quantitative estimate of drug-likeness (QED) is 0.644. The molecule has 1 aromatic carbocycles. The number of nitrogens with one attached hydrogen (secondary N) is 1. The molecule has 1 aromatic rings. The Labute approximate surface area is 136 Å². The molecule has 0 fully saturated rings. The molecule has 2 nitrogen and oxygen atoms in total. The summed E-state index contributed by atoms with van der Waals surface area (Å²) in [4.78, 5) is 0. The lowest BCUT2D eigenvalue weighted by Crippen LogP contribution is -2.35. The van der Waals surface area contributed by atoms with Gasteiger partial charge >= 0.3 is 0 Å². The van der Waals surface area contributed by atoms with Crippen molar-refractivity contribution in [2.75, 3.05) is 26.8 Å². The maximum Gasteiger partial charge on any atom is 0.0587 e. The van der Waals surface area contributed by atoms with Gasteiger partial charge in [-0.1, -0.05) is 53.9 Å². The molecule has 0 heterocycles. The molecule has 1 unspecified atom stereocenters. The third-order valence-corrected chi connectivity index (χ3v) is 4.37. The number of ether oxygens (including phenoxy) is 1. The van der Waals surface area contributed by atoms with E-state index < -0.39 is 0 Å². The second-order valence-electron chi connectivity index (χ2n) is 5.64. The molecule has 1 N–H and O–H groups in total. The van der Waals surface area contributed by atoms with Crippen LogP contribution in [0.4, 0.5) is 0 Å². The van der Waals surface area contributed by atoms with Gasteiger partial charge in [-0.05, 0) is 36.0 Å². The molecule has 0 radical (unpaired) electrons. The largest absolute Gasteiger partial charge is 0.383 e. The highest BCUT2D eigenvalue weighted by molar-refractivity contribution is 9.10. The van der Waals surface area contributed by atoms with E-state index in [1.807, 2.05) is 6.07 Å². The molecule has 4 heteroatoms. The van der Waals surface area contributed by atoms with Crippen LogP contribution in [0.25, 0.3) is 0 Å². The van der Waals surface area contributed by atoms with Gasteiger partial charge in [-0.2, -0.15) is 0 Å². The first-order valence-corrected chi connectivity index (χ1v) is 8.31. The molecule has 1 rings (SSSR count). The molecule has 0 spiro atoms. The van der Waals surface area contributed by atoms with Crippen molar-refractivity contribution in [3.63, 3.8) is 0 Å². The first-order chi connectivity index (χ1) is 9.50. The van der Waals surface area contributed by atoms with Gasteiger partial charge in [0.1, 0.15) is 0 Å². The predicted octanol–water partition coefficient (Wildman–Crippen LogP) is 4.69. The summed E-state index contributed by atoms with van der Waals surface area (Å²) in [5.41, 5.74) is 1.44. The van der Waals surface area contributed by atoms with Crippen LogP contribution >= 0.6 is 27.5 Å². The molecule has 0 amide bonds. The standard InChI is InChI=1S/C16H25BrClNO/c1-4-7-16(2,12-19-8-9-20-3)11-13-5-6-14(17)10-15(13)18/h5-6,10,19H,4,7-9,11-12H2,1-3H3. The van der Waals surface area contributed by atoms with Gasteiger partial charge in [0.2, 0.25) is 0 Å². The van der Waals surface area contributed by atoms with Crippen LogP contribution < -0.4 is 5.32 Å². The van der Waals surface area contributed by atoms with Crippen LogP contribution in [-0.2, 0) is 11.2 Å². The first-order valence-electron chi connectivity index (χ1n) is 7.14. The van der Waals surface area contributed by atoms with Gasteiger partial charge in [-0.15, -0.1) is 0 Å². The Morgan fingerprint density at radius 2 is 2.15 bits per heavy atom. The van der Waals surface area contributed by atoms with Crippen molar-refractivity contribution in [2.45, 2.75) is 33.1 Å². The van der Waals surface area contributed by atoms with Crippen LogP contribution in [0, 0.1) is 5.41 Å². The van der Waals surface area contributed by atoms with Crippen LogP contribution in [0.15, 0.2) is 22.7 Å². The summed E-state index contributed by atoms with van der Waals surface area (Å²) in [5, 5.41) is 4.33. The Hall–Kier alpha value is -0.0900. The molecular weight excluding hydrogens is 338 g/mol. The molecule has 0 bridgehead atoms. The number of halogens is 2. The summed E-state index contributed by atoms with van der Waals surface area (Å²) in [5.74, 6) is 0. The Kier molecular flexibility index (Phi) is 8.11. The molecule has 1 atom stereocenters. The minimum atomic E-state index is 0.222. The Morgan fingerprint density at radius 1 is 1.40 bits per heavy atom. The van der Waals surface area contributed by atoms with Gasteiger partial charge in [0.25, 0.3) is 0 Å². The van der Waals surface area contributed by atoms with Crippen molar-refractivity contribution in [3.05, 3.63) is 33.3 Å². The Morgan fingerprint density at radius 3 is 2.75 bits per heavy atom. The SMILES string of the molecule is CCCC(C)(CNCCOC)Cc1ccc(Br)cc1Cl. The highest BCUT2D eigenvalue weighted by Crippen LogP contribution is 2.31. The molecule has 114 valence electrons. The molecule has 0 saturated heterocycles. The summed E-state index contributed by atoms with van der Waals surface area (Å²) in [6, 6.07) is 6.16. The van der Waals surface area contributed by atoms with Crippen molar-refractivity contribution >= 4 is 27.5 Å². The maximum atomic E-state index is 6.35. The normalized spacial score (nSPS) is 14.2. The highest BCUT2D eigenvalue weighted by atomic mass is 79.9. The van der Waals surface area contributed by atoms with Gasteiger partial charge in [-0.25, -0.2) is 0 Å². The lowest BCUT2D eigenvalue weighted by molar-refractivity contribution is 0.190. The highest BCUT2D eigenvalue weighted by Gasteiger charge is 2.24. The lowest BCUT2D eigenvalue weighted by atomic mass is 9.79. The molecular formula is C16H25BrClNO. The van der Waals surface area contributed by atoms with Crippen molar-refractivity contribution in [1.82, 2.24) is 5.32 Å². The second-order valence-corrected chi connectivity index (χ2v) is 6.97. The number of benzene rings is 1. The molecule has 0 saturated carbocycles. The fourth-order valence-corrected chi connectivity index (χ4v) is 3.27. The van der Waals surface area contributed by atoms with E-state index >= 15 is 0 Å². The van der Waals surface area contributed by atoms with Crippen molar-refractivity contribution < 1.29 is 4.74 Å². The summed E-state index contributed by atoms with van der Waals surface area (Å²) in [6.07, 6.45) is 3.35. The molecule has 0 aliphatic carbocycles. The molecule has 20 heavy (non-hydrogen) atoms. The zero-order valence-corrected chi connectivity index (χ0v) is 15.0. The summed E-state index contributed by atoms with van der Waals surface area (Å²) in [7, 11) is 1.73. The topological polar surface area (TPSA) is 21.3 Å². The maximum absolute atomic E-state index is 6.35. The van der Waals surface area contributed by atoms with Crippen LogP contribution in [0.5, 0.6) is 0 Å². The average molecular weight is 363 g/mol. The van der Waals surface area contributed by atoms with E-state index in [1.165, 1.54) is 18.4 Å². The van der Waals surface area contributed by atoms with Crippen molar-refractivity contribution in [2.24, 2.45) is 5.41 Å². The molecule has 0 aromatic heterocycles. The van der Waals surface area contributed by atoms with E-state index in [0.717, 1.165) is 35.6 Å². The minimum Gasteiger partial charge on any atom is -0.383 e. The number of hydrogen-bond acceptors (Lipinski definition) is 2. The number of rotatable bonds is 9. The zero-order valence-electron chi connectivity index (χ0n) is 12.6. The van der Waals surface area contributed by atoms with E-state index in [9.17, 15) is 0 Å². The number of hydrogen-bond donors (Lipinski definition) is 1. The van der Waals surface area contributed by atoms with E-state index in [-0.39, 0.29) is 5.41 Å². The van der Waals surface area contributed by atoms with Gasteiger partial charge in [0.05, 0.1) is 6.61 Å². The summed E-state index contributed by atoms with van der Waals surface area (Å²) in [6.45, 7) is 7.19. The van der Waals surface area contributed by atoms with Crippen LogP contribution in [0.3, 0.4) is 0 Å². The van der Waals surface area contributed by atoms with E-state index in [0.29, 0.717) is 0 Å². The van der Waals surface area contributed by atoms with Gasteiger partial charge in [0.15, 0.2) is 0 Å². The summed E-state index contributed by atoms with van der Waals surface area (Å²) >= 11 is 9.80. The average Bonchev–Trinajstić information content (AvgIpc) is 2.39. The van der Waals surface area contributed by atoms with Crippen LogP contribution in [-0.4, -0.2) is 26.8 Å². The molecule has 0 aliphatic rings. The monoisotopic (exact) mass is 361 g/mol. The predicted molar refractivity (Wildman–Crippen MR) is 90.6 cm³/mol. The number of methoxy groups -OCH3 is 1. The van der Waals surface area contributed by atoms with E-state index in [1.54, 1.807) is 7.11 Å². The molecule has 0 aliphatic heterocycles. The van der Waals surface area contributed by atoms with Gasteiger partial charge < -0.3 is 10.1 Å².